The van der Waals surface area contributed by atoms with E-state index >= 15 is 0 Å². The van der Waals surface area contributed by atoms with E-state index in [4.69, 9.17) is 14.5 Å². The topological polar surface area (TPSA) is 53.4 Å². The lowest BCUT2D eigenvalue weighted by atomic mass is 10.2. The molecule has 0 aliphatic rings. The van der Waals surface area contributed by atoms with Gasteiger partial charge in [0.05, 0.1) is 18.1 Å². The fourth-order valence-corrected chi connectivity index (χ4v) is 4.16. The van der Waals surface area contributed by atoms with Crippen molar-refractivity contribution in [3.8, 4) is 11.5 Å². The molecule has 4 aromatic rings. The molecule has 0 unspecified atom stereocenters. The van der Waals surface area contributed by atoms with Crippen LogP contribution in [0, 0.1) is 0 Å². The molecular formula is C24H24N2O3S. The number of carbonyl (C=O) groups is 1. The molecule has 4 rings (SSSR count). The van der Waals surface area contributed by atoms with Crippen molar-refractivity contribution in [1.82, 2.24) is 9.55 Å². The summed E-state index contributed by atoms with van der Waals surface area (Å²) in [5.74, 6) is 1.88. The molecular weight excluding hydrogens is 396 g/mol. The summed E-state index contributed by atoms with van der Waals surface area (Å²) < 4.78 is 13.1. The molecule has 2 heterocycles. The van der Waals surface area contributed by atoms with Gasteiger partial charge in [-0.3, -0.25) is 0 Å². The first-order valence-electron chi connectivity index (χ1n) is 10.0. The molecule has 0 fully saturated rings. The number of hydrogen-bond acceptors (Lipinski definition) is 5. The third kappa shape index (κ3) is 4.24. The maximum absolute atomic E-state index is 11.9. The zero-order valence-electron chi connectivity index (χ0n) is 17.1. The number of methoxy groups -OCH3 is 1. The number of nitrogens with zero attached hydrogens (tertiary/aromatic N) is 2. The molecule has 0 spiro atoms. The molecule has 6 heteroatoms. The second kappa shape index (κ2) is 9.13. The third-order valence-corrected chi connectivity index (χ3v) is 5.73. The van der Waals surface area contributed by atoms with Crippen LogP contribution in [0.25, 0.3) is 11.0 Å². The lowest BCUT2D eigenvalue weighted by Crippen LogP contribution is -2.05. The minimum atomic E-state index is -0.415. The normalized spacial score (nSPS) is 11.0. The Morgan fingerprint density at radius 2 is 1.90 bits per heavy atom. The van der Waals surface area contributed by atoms with E-state index < -0.39 is 5.97 Å². The van der Waals surface area contributed by atoms with Gasteiger partial charge < -0.3 is 14.0 Å². The van der Waals surface area contributed by atoms with E-state index in [9.17, 15) is 4.79 Å². The Labute approximate surface area is 179 Å². The van der Waals surface area contributed by atoms with Crippen molar-refractivity contribution in [2.24, 2.45) is 0 Å². The number of aryl methyl sites for hydroxylation is 1. The molecule has 0 N–H and O–H groups in total. The van der Waals surface area contributed by atoms with Crippen LogP contribution in [0.4, 0.5) is 0 Å². The Bertz CT molecular complexity index is 1140. The van der Waals surface area contributed by atoms with Gasteiger partial charge in [0, 0.05) is 23.7 Å². The molecule has 0 aliphatic carbocycles. The fourth-order valence-electron chi connectivity index (χ4n) is 3.42. The zero-order chi connectivity index (χ0) is 20.9. The van der Waals surface area contributed by atoms with Crippen LogP contribution in [0.15, 0.2) is 59.3 Å². The van der Waals surface area contributed by atoms with Crippen molar-refractivity contribution in [3.05, 3.63) is 76.2 Å². The number of esters is 1. The zero-order valence-corrected chi connectivity index (χ0v) is 17.9. The number of benzene rings is 2. The summed E-state index contributed by atoms with van der Waals surface area (Å²) >= 11 is 1.68. The monoisotopic (exact) mass is 420 g/mol. The van der Waals surface area contributed by atoms with E-state index in [-0.39, 0.29) is 0 Å². The van der Waals surface area contributed by atoms with Crippen molar-refractivity contribution >= 4 is 28.3 Å². The molecule has 5 nitrogen and oxygen atoms in total. The van der Waals surface area contributed by atoms with Crippen LogP contribution in [-0.2, 0) is 17.7 Å². The van der Waals surface area contributed by atoms with Gasteiger partial charge in [0.1, 0.15) is 22.9 Å². The third-order valence-electron chi connectivity index (χ3n) is 5.01. The van der Waals surface area contributed by atoms with Crippen molar-refractivity contribution in [2.45, 2.75) is 32.7 Å². The average molecular weight is 421 g/mol. The average Bonchev–Trinajstić information content (AvgIpc) is 3.36. The highest BCUT2D eigenvalue weighted by atomic mass is 32.1. The number of ether oxygens (including phenoxy) is 2. The molecule has 0 saturated carbocycles. The van der Waals surface area contributed by atoms with E-state index in [0.29, 0.717) is 17.1 Å². The maximum atomic E-state index is 11.9. The van der Waals surface area contributed by atoms with Crippen molar-refractivity contribution in [3.63, 3.8) is 0 Å². The van der Waals surface area contributed by atoms with Crippen LogP contribution < -0.4 is 4.74 Å². The van der Waals surface area contributed by atoms with Crippen LogP contribution in [0.1, 0.15) is 41.5 Å². The van der Waals surface area contributed by atoms with Crippen molar-refractivity contribution < 1.29 is 14.3 Å². The molecule has 30 heavy (non-hydrogen) atoms. The molecule has 2 aromatic carbocycles. The molecule has 154 valence electrons. The molecule has 0 amide bonds. The van der Waals surface area contributed by atoms with Gasteiger partial charge in [-0.2, -0.15) is 0 Å². The molecule has 0 atom stereocenters. The van der Waals surface area contributed by atoms with Gasteiger partial charge in [-0.25, -0.2) is 9.78 Å². The van der Waals surface area contributed by atoms with Gasteiger partial charge in [0.25, 0.3) is 0 Å². The molecule has 0 radical (unpaired) electrons. The Balaban J connectivity index is 1.53. The summed E-state index contributed by atoms with van der Waals surface area (Å²) in [6.45, 7) is 2.97. The molecule has 2 aromatic heterocycles. The summed E-state index contributed by atoms with van der Waals surface area (Å²) in [5, 5.41) is 4.27. The minimum Gasteiger partial charge on any atom is -0.465 e. The lowest BCUT2D eigenvalue weighted by Gasteiger charge is -2.12. The predicted molar refractivity (Wildman–Crippen MR) is 120 cm³/mol. The first kappa shape index (κ1) is 20.2. The van der Waals surface area contributed by atoms with E-state index in [2.05, 4.69) is 34.4 Å². The first-order chi connectivity index (χ1) is 14.7. The second-order valence-electron chi connectivity index (χ2n) is 7.09. The highest BCUT2D eigenvalue weighted by Gasteiger charge is 2.14. The number of carbonyl (C=O) groups excluding carboxylic acids is 1. The Hall–Kier alpha value is -3.12. The quantitative estimate of drug-likeness (QED) is 0.325. The molecule has 0 saturated heterocycles. The number of hydrogen-bond donors (Lipinski definition) is 0. The predicted octanol–water partition coefficient (Wildman–Crippen LogP) is 6.07. The van der Waals surface area contributed by atoms with Crippen LogP contribution in [0.3, 0.4) is 0 Å². The minimum absolute atomic E-state index is 0.405. The van der Waals surface area contributed by atoms with Crippen LogP contribution in [0.2, 0.25) is 0 Å². The van der Waals surface area contributed by atoms with Crippen LogP contribution in [-0.4, -0.2) is 22.6 Å². The Morgan fingerprint density at radius 3 is 2.67 bits per heavy atom. The summed E-state index contributed by atoms with van der Waals surface area (Å²) in [7, 11) is 1.36. The SMILES string of the molecule is CCCCc1nc2cscc2n1Cc1ccc(Oc2ccccc2C(=O)OC)cc1. The first-order valence-corrected chi connectivity index (χ1v) is 11.0. The maximum Gasteiger partial charge on any atom is 0.341 e. The number of thiophene rings is 1. The van der Waals surface area contributed by atoms with E-state index in [0.717, 1.165) is 37.1 Å². The number of fused-ring (bicyclic) bond motifs is 1. The van der Waals surface area contributed by atoms with E-state index in [1.807, 2.05) is 18.2 Å². The van der Waals surface area contributed by atoms with Crippen molar-refractivity contribution in [1.29, 1.82) is 0 Å². The lowest BCUT2D eigenvalue weighted by molar-refractivity contribution is 0.0598. The summed E-state index contributed by atoms with van der Waals surface area (Å²) in [6, 6.07) is 15.0. The number of para-hydroxylation sites is 1. The second-order valence-corrected chi connectivity index (χ2v) is 7.84. The van der Waals surface area contributed by atoms with E-state index in [1.54, 1.807) is 29.5 Å². The number of rotatable bonds is 8. The molecule has 0 bridgehead atoms. The largest absolute Gasteiger partial charge is 0.465 e. The number of unbranched alkanes of at least 4 members (excludes halogenated alkanes) is 1. The fraction of sp³-hybridized carbons (Fsp3) is 0.250. The van der Waals surface area contributed by atoms with Gasteiger partial charge in [0.2, 0.25) is 0 Å². The molecule has 0 aliphatic heterocycles. The van der Waals surface area contributed by atoms with Gasteiger partial charge in [0.15, 0.2) is 0 Å². The van der Waals surface area contributed by atoms with Gasteiger partial charge in [-0.1, -0.05) is 37.6 Å². The summed E-state index contributed by atoms with van der Waals surface area (Å²) in [4.78, 5) is 16.8. The standard InChI is InChI=1S/C24H24N2O3S/c1-3-4-9-23-25-20-15-30-16-21(20)26(23)14-17-10-12-18(13-11-17)29-22-8-6-5-7-19(22)24(27)28-2/h5-8,10-13,15-16H,3-4,9,14H2,1-2H3. The van der Waals surface area contributed by atoms with Crippen molar-refractivity contribution in [2.75, 3.05) is 7.11 Å². The Kier molecular flexibility index (Phi) is 6.14. The Morgan fingerprint density at radius 1 is 1.10 bits per heavy atom. The number of imidazole rings is 1. The van der Waals surface area contributed by atoms with Gasteiger partial charge >= 0.3 is 5.97 Å². The van der Waals surface area contributed by atoms with Gasteiger partial charge in [-0.15, -0.1) is 11.3 Å². The summed E-state index contributed by atoms with van der Waals surface area (Å²) in [6.07, 6.45) is 3.27. The van der Waals surface area contributed by atoms with Gasteiger partial charge in [-0.05, 0) is 36.2 Å². The van der Waals surface area contributed by atoms with Crippen LogP contribution >= 0.6 is 11.3 Å². The van der Waals surface area contributed by atoms with Crippen LogP contribution in [0.5, 0.6) is 11.5 Å². The van der Waals surface area contributed by atoms with E-state index in [1.165, 1.54) is 18.2 Å². The summed E-state index contributed by atoms with van der Waals surface area (Å²) in [5.41, 5.74) is 3.85. The highest BCUT2D eigenvalue weighted by Crippen LogP contribution is 2.27. The number of aromatic nitrogens is 2. The smallest absolute Gasteiger partial charge is 0.341 e. The highest BCUT2D eigenvalue weighted by molar-refractivity contribution is 7.09.